The van der Waals surface area contributed by atoms with E-state index < -0.39 is 6.23 Å². The number of hydrogen-bond donors (Lipinski definition) is 2. The van der Waals surface area contributed by atoms with E-state index in [0.717, 1.165) is 29.2 Å². The van der Waals surface area contributed by atoms with Gasteiger partial charge in [0.25, 0.3) is 0 Å². The van der Waals surface area contributed by atoms with E-state index in [0.29, 0.717) is 6.61 Å². The normalized spacial score (nSPS) is 13.6. The van der Waals surface area contributed by atoms with Crippen LogP contribution in [0.25, 0.3) is 0 Å². The van der Waals surface area contributed by atoms with E-state index in [2.05, 4.69) is 0 Å². The number of ether oxygens (including phenoxy) is 1. The van der Waals surface area contributed by atoms with Crippen molar-refractivity contribution in [2.24, 2.45) is 11.7 Å². The Bertz CT molecular complexity index is 359. The van der Waals surface area contributed by atoms with Crippen LogP contribution >= 0.6 is 24.0 Å². The van der Waals surface area contributed by atoms with Crippen LogP contribution < -0.4 is 10.5 Å². The van der Waals surface area contributed by atoms with E-state index in [4.69, 9.17) is 22.1 Å². The molecule has 1 rings (SSSR count). The van der Waals surface area contributed by atoms with Crippen LogP contribution in [0.15, 0.2) is 18.2 Å². The Balaban J connectivity index is 0.00000289. The number of aliphatic hydroxyl groups is 1. The molecular weight excluding hydrogens is 273 g/mol. The lowest BCUT2D eigenvalue weighted by Gasteiger charge is -2.18. The van der Waals surface area contributed by atoms with Crippen molar-refractivity contribution in [3.8, 4) is 5.75 Å². The number of rotatable bonds is 6. The van der Waals surface area contributed by atoms with Crippen LogP contribution in [0.5, 0.6) is 5.75 Å². The van der Waals surface area contributed by atoms with Crippen molar-refractivity contribution in [2.75, 3.05) is 6.61 Å². The van der Waals surface area contributed by atoms with E-state index in [1.807, 2.05) is 32.0 Å². The second kappa shape index (κ2) is 8.59. The van der Waals surface area contributed by atoms with Gasteiger partial charge in [0.15, 0.2) is 0 Å². The summed E-state index contributed by atoms with van der Waals surface area (Å²) in [6.07, 6.45) is 0.826. The Morgan fingerprint density at radius 2 is 2.11 bits per heavy atom. The second-order valence-corrected chi connectivity index (χ2v) is 4.61. The number of aryl methyl sites for hydroxylation is 1. The average molecular weight is 294 g/mol. The van der Waals surface area contributed by atoms with Gasteiger partial charge in [-0.25, -0.2) is 0 Å². The molecule has 5 heteroatoms. The highest BCUT2D eigenvalue weighted by Gasteiger charge is 2.12. The van der Waals surface area contributed by atoms with Crippen LogP contribution in [0.1, 0.15) is 25.3 Å². The lowest BCUT2D eigenvalue weighted by Crippen LogP contribution is -2.30. The molecule has 0 saturated carbocycles. The minimum absolute atomic E-state index is 0. The Morgan fingerprint density at radius 1 is 1.44 bits per heavy atom. The van der Waals surface area contributed by atoms with E-state index in [-0.39, 0.29) is 18.3 Å². The number of benzene rings is 1. The fourth-order valence-corrected chi connectivity index (χ4v) is 1.77. The van der Waals surface area contributed by atoms with Crippen LogP contribution in [0, 0.1) is 12.8 Å². The standard InChI is InChI=1S/C13H20ClNO2.ClH/c1-3-10(13(15)16)6-7-17-11-4-5-12(14)9(2)8-11;/h4-5,8,10,13,16H,3,6-7,15H2,1-2H3;1H/t10?,13-;/m1./s1. The Kier molecular flexibility index (Phi) is 8.36. The van der Waals surface area contributed by atoms with Gasteiger partial charge in [0.05, 0.1) is 6.61 Å². The van der Waals surface area contributed by atoms with E-state index in [1.54, 1.807) is 0 Å². The van der Waals surface area contributed by atoms with Gasteiger partial charge in [0, 0.05) is 10.9 Å². The molecule has 0 bridgehead atoms. The zero-order chi connectivity index (χ0) is 12.8. The van der Waals surface area contributed by atoms with Gasteiger partial charge in [-0.15, -0.1) is 12.4 Å². The molecule has 0 heterocycles. The van der Waals surface area contributed by atoms with E-state index in [9.17, 15) is 5.11 Å². The minimum Gasteiger partial charge on any atom is -0.494 e. The summed E-state index contributed by atoms with van der Waals surface area (Å²) < 4.78 is 5.60. The first-order valence-corrected chi connectivity index (χ1v) is 6.25. The molecule has 104 valence electrons. The molecular formula is C13H21Cl2NO2. The van der Waals surface area contributed by atoms with E-state index >= 15 is 0 Å². The molecule has 0 amide bonds. The van der Waals surface area contributed by atoms with Gasteiger partial charge in [-0.3, -0.25) is 0 Å². The van der Waals surface area contributed by atoms with Crippen molar-refractivity contribution in [3.05, 3.63) is 28.8 Å². The molecule has 1 aromatic carbocycles. The summed E-state index contributed by atoms with van der Waals surface area (Å²) in [4.78, 5) is 0. The molecule has 18 heavy (non-hydrogen) atoms. The Morgan fingerprint density at radius 3 is 2.61 bits per heavy atom. The smallest absolute Gasteiger partial charge is 0.119 e. The van der Waals surface area contributed by atoms with Gasteiger partial charge in [-0.1, -0.05) is 18.5 Å². The summed E-state index contributed by atoms with van der Waals surface area (Å²) in [5, 5.41) is 10.0. The first-order valence-electron chi connectivity index (χ1n) is 5.87. The molecule has 0 aliphatic rings. The average Bonchev–Trinajstić information content (AvgIpc) is 2.28. The second-order valence-electron chi connectivity index (χ2n) is 4.21. The van der Waals surface area contributed by atoms with Crippen molar-refractivity contribution in [1.29, 1.82) is 0 Å². The van der Waals surface area contributed by atoms with Gasteiger partial charge in [-0.2, -0.15) is 0 Å². The molecule has 1 aromatic rings. The third-order valence-corrected chi connectivity index (χ3v) is 3.32. The monoisotopic (exact) mass is 293 g/mol. The molecule has 0 aliphatic heterocycles. The molecule has 2 atom stereocenters. The van der Waals surface area contributed by atoms with Gasteiger partial charge in [0.1, 0.15) is 12.0 Å². The minimum atomic E-state index is -0.768. The molecule has 3 N–H and O–H groups in total. The van der Waals surface area contributed by atoms with Crippen LogP contribution in [0.3, 0.4) is 0 Å². The fourth-order valence-electron chi connectivity index (χ4n) is 1.65. The zero-order valence-electron chi connectivity index (χ0n) is 10.7. The number of nitrogens with two attached hydrogens (primary N) is 1. The molecule has 0 radical (unpaired) electrons. The molecule has 0 spiro atoms. The maximum atomic E-state index is 9.29. The highest BCUT2D eigenvalue weighted by Crippen LogP contribution is 2.21. The maximum absolute atomic E-state index is 9.29. The summed E-state index contributed by atoms with van der Waals surface area (Å²) in [6.45, 7) is 4.49. The summed E-state index contributed by atoms with van der Waals surface area (Å²) in [5.74, 6) is 0.886. The maximum Gasteiger partial charge on any atom is 0.119 e. The Hall–Kier alpha value is -0.480. The van der Waals surface area contributed by atoms with Gasteiger partial charge in [-0.05, 0) is 43.5 Å². The SMILES string of the molecule is CCC(CCOc1ccc(Cl)c(C)c1)[C@H](N)O.Cl. The van der Waals surface area contributed by atoms with Gasteiger partial charge < -0.3 is 15.6 Å². The van der Waals surface area contributed by atoms with Gasteiger partial charge >= 0.3 is 0 Å². The van der Waals surface area contributed by atoms with Crippen LogP contribution in [0.4, 0.5) is 0 Å². The third-order valence-electron chi connectivity index (χ3n) is 2.89. The van der Waals surface area contributed by atoms with Crippen molar-refractivity contribution in [2.45, 2.75) is 32.9 Å². The lowest BCUT2D eigenvalue weighted by atomic mass is 10.0. The predicted molar refractivity (Wildman–Crippen MR) is 77.5 cm³/mol. The van der Waals surface area contributed by atoms with Crippen molar-refractivity contribution < 1.29 is 9.84 Å². The number of aliphatic hydroxyl groups excluding tert-OH is 1. The number of halogens is 2. The quantitative estimate of drug-likeness (QED) is 0.792. The summed E-state index contributed by atoms with van der Waals surface area (Å²) >= 11 is 5.92. The summed E-state index contributed by atoms with van der Waals surface area (Å²) in [5.41, 5.74) is 6.45. The van der Waals surface area contributed by atoms with Crippen LogP contribution in [-0.2, 0) is 0 Å². The molecule has 1 unspecified atom stereocenters. The molecule has 0 aromatic heterocycles. The molecule has 3 nitrogen and oxygen atoms in total. The van der Waals surface area contributed by atoms with E-state index in [1.165, 1.54) is 0 Å². The van der Waals surface area contributed by atoms with Crippen molar-refractivity contribution in [3.63, 3.8) is 0 Å². The highest BCUT2D eigenvalue weighted by atomic mass is 35.5. The first-order chi connectivity index (χ1) is 8.04. The zero-order valence-corrected chi connectivity index (χ0v) is 12.3. The van der Waals surface area contributed by atoms with Crippen molar-refractivity contribution >= 4 is 24.0 Å². The highest BCUT2D eigenvalue weighted by molar-refractivity contribution is 6.31. The topological polar surface area (TPSA) is 55.5 Å². The van der Waals surface area contributed by atoms with Crippen LogP contribution in [0.2, 0.25) is 5.02 Å². The fraction of sp³-hybridized carbons (Fsp3) is 0.538. The van der Waals surface area contributed by atoms with Crippen LogP contribution in [-0.4, -0.2) is 17.9 Å². The number of hydrogen-bond acceptors (Lipinski definition) is 3. The Labute approximate surface area is 120 Å². The third kappa shape index (κ3) is 5.44. The molecule has 0 aliphatic carbocycles. The summed E-state index contributed by atoms with van der Waals surface area (Å²) in [6, 6.07) is 5.57. The lowest BCUT2D eigenvalue weighted by molar-refractivity contribution is 0.0954. The van der Waals surface area contributed by atoms with Gasteiger partial charge in [0.2, 0.25) is 0 Å². The molecule has 0 saturated heterocycles. The summed E-state index contributed by atoms with van der Waals surface area (Å²) in [7, 11) is 0. The largest absolute Gasteiger partial charge is 0.494 e. The first kappa shape index (κ1) is 17.5. The van der Waals surface area contributed by atoms with Crippen molar-refractivity contribution in [1.82, 2.24) is 0 Å². The predicted octanol–water partition coefficient (Wildman–Crippen LogP) is 3.14. The molecule has 0 fully saturated rings.